The molecule has 63 heavy (non-hydrogen) atoms. The Morgan fingerprint density at radius 1 is 0.365 bits per heavy atom. The monoisotopic (exact) mass is 818 g/mol. The van der Waals surface area contributed by atoms with Gasteiger partial charge in [-0.1, -0.05) is 188 Å². The molecule has 0 unspecified atom stereocenters. The van der Waals surface area contributed by atoms with Gasteiger partial charge in [0.05, 0.1) is 39.1 Å². The van der Waals surface area contributed by atoms with Gasteiger partial charge in [0.15, 0.2) is 13.9 Å². The summed E-state index contributed by atoms with van der Waals surface area (Å²) in [6.45, 7) is 0. The average Bonchev–Trinajstić information content (AvgIpc) is 3.99. The molecule has 4 heterocycles. The quantitative estimate of drug-likeness (QED) is 0.157. The first kappa shape index (κ1) is 35.6. The summed E-state index contributed by atoms with van der Waals surface area (Å²) in [5.41, 5.74) is 12.0. The van der Waals surface area contributed by atoms with Crippen LogP contribution in [-0.2, 0) is 0 Å². The van der Waals surface area contributed by atoms with Crippen LogP contribution in [0.2, 0.25) is 0 Å². The summed E-state index contributed by atoms with van der Waals surface area (Å²) >= 11 is 0. The molecule has 0 spiro atoms. The van der Waals surface area contributed by atoms with E-state index in [4.69, 9.17) is 9.97 Å². The van der Waals surface area contributed by atoms with Gasteiger partial charge in [-0.15, -0.1) is 0 Å². The van der Waals surface area contributed by atoms with Crippen LogP contribution in [0.4, 0.5) is 0 Å². The number of nitrogens with zero attached hydrogens (tertiary/aromatic N) is 4. The molecule has 3 aromatic heterocycles. The van der Waals surface area contributed by atoms with Crippen molar-refractivity contribution in [1.29, 1.82) is 0 Å². The Morgan fingerprint density at radius 2 is 0.905 bits per heavy atom. The molecule has 0 radical (unpaired) electrons. The summed E-state index contributed by atoms with van der Waals surface area (Å²) in [5, 5.41) is 10.1. The number of hydrogen-bond donors (Lipinski definition) is 0. The van der Waals surface area contributed by atoms with Crippen LogP contribution >= 0.6 is 0 Å². The molecule has 0 aliphatic carbocycles. The predicted molar refractivity (Wildman–Crippen MR) is 264 cm³/mol. The van der Waals surface area contributed by atoms with Crippen LogP contribution in [0.25, 0.3) is 88.9 Å². The maximum Gasteiger partial charge on any atom is 0.185 e. The number of rotatable bonds is 6. The molecule has 0 atom stereocenters. The molecule has 0 fully saturated rings. The zero-order chi connectivity index (χ0) is 41.5. The minimum Gasteiger partial charge on any atom is -0.309 e. The Balaban J connectivity index is 1.15. The highest BCUT2D eigenvalue weighted by atomic mass is 28.3. The molecule has 294 valence electrons. The summed E-state index contributed by atoms with van der Waals surface area (Å²) in [6.07, 6.45) is 0. The minimum atomic E-state index is -2.93. The molecule has 12 aromatic rings. The molecule has 0 N–H and O–H groups in total. The number of fused-ring (bicyclic) bond motifs is 10. The summed E-state index contributed by atoms with van der Waals surface area (Å²) in [4.78, 5) is 11.6. The van der Waals surface area contributed by atoms with Crippen molar-refractivity contribution < 1.29 is 0 Å². The van der Waals surface area contributed by atoms with E-state index in [1.807, 2.05) is 0 Å². The van der Waals surface area contributed by atoms with E-state index in [2.05, 4.69) is 240 Å². The summed E-state index contributed by atoms with van der Waals surface area (Å²) in [7, 11) is -2.93. The third-order valence-electron chi connectivity index (χ3n) is 13.2. The van der Waals surface area contributed by atoms with Gasteiger partial charge in [-0.05, 0) is 58.0 Å². The SMILES string of the molecule is c1ccc(-c2nc(-c3ccccc3-n3c4ccccc4c4ccc5c(c6ccccc6n5-c5ccccc5)c43)nc3c2[Si](c2ccccc2)(c2ccccc2)c2ccccc2-3)cc1. The van der Waals surface area contributed by atoms with Crippen LogP contribution in [-0.4, -0.2) is 27.2 Å². The van der Waals surface area contributed by atoms with E-state index in [-0.39, 0.29) is 0 Å². The van der Waals surface area contributed by atoms with Gasteiger partial charge in [-0.25, -0.2) is 9.97 Å². The molecular formula is C58H38N4Si. The lowest BCUT2D eigenvalue weighted by Gasteiger charge is -2.32. The zero-order valence-corrected chi connectivity index (χ0v) is 35.2. The number of aromatic nitrogens is 4. The van der Waals surface area contributed by atoms with Crippen molar-refractivity contribution in [3.63, 3.8) is 0 Å². The standard InChI is InChI=1S/C58H38N4Si/c1-5-21-39(22-6-1)54-57-55(47-32-16-20-36-52(47)63(57,41-25-9-3-10-26-41)42-27-11-4-12-28-42)60-58(59-54)46-31-15-19-35-50(46)62-48-33-17-13-29-43(48)44-37-38-51-53(56(44)62)45-30-14-18-34-49(45)61(51)40-23-7-2-8-24-40/h1-38H. The molecule has 0 amide bonds. The van der Waals surface area contributed by atoms with Crippen LogP contribution in [0.15, 0.2) is 231 Å². The fourth-order valence-corrected chi connectivity index (χ4v) is 15.9. The third kappa shape index (κ3) is 5.08. The van der Waals surface area contributed by atoms with Crippen molar-refractivity contribution in [2.24, 2.45) is 0 Å². The van der Waals surface area contributed by atoms with E-state index in [1.54, 1.807) is 0 Å². The molecule has 5 heteroatoms. The van der Waals surface area contributed by atoms with Crippen molar-refractivity contribution in [1.82, 2.24) is 19.1 Å². The maximum absolute atomic E-state index is 5.81. The molecule has 1 aliphatic heterocycles. The van der Waals surface area contributed by atoms with Gasteiger partial charge in [0.2, 0.25) is 0 Å². The van der Waals surface area contributed by atoms with Gasteiger partial charge in [0.1, 0.15) is 0 Å². The largest absolute Gasteiger partial charge is 0.309 e. The second kappa shape index (κ2) is 14.0. The molecule has 0 saturated heterocycles. The predicted octanol–water partition coefficient (Wildman–Crippen LogP) is 11.4. The second-order valence-corrected chi connectivity index (χ2v) is 20.1. The Hall–Kier alpha value is -8.12. The fraction of sp³-hybridized carbons (Fsp3) is 0. The molecule has 9 aromatic carbocycles. The van der Waals surface area contributed by atoms with Crippen molar-refractivity contribution in [2.45, 2.75) is 0 Å². The van der Waals surface area contributed by atoms with Crippen LogP contribution < -0.4 is 20.7 Å². The second-order valence-electron chi connectivity index (χ2n) is 16.4. The molecule has 13 rings (SSSR count). The smallest absolute Gasteiger partial charge is 0.185 e. The van der Waals surface area contributed by atoms with Crippen molar-refractivity contribution >= 4 is 72.4 Å². The van der Waals surface area contributed by atoms with Crippen LogP contribution in [0.1, 0.15) is 0 Å². The van der Waals surface area contributed by atoms with Gasteiger partial charge in [-0.2, -0.15) is 0 Å². The molecular weight excluding hydrogens is 781 g/mol. The normalized spacial score (nSPS) is 12.9. The van der Waals surface area contributed by atoms with Crippen LogP contribution in [0.5, 0.6) is 0 Å². The first-order chi connectivity index (χ1) is 31.3. The van der Waals surface area contributed by atoms with Gasteiger partial charge in [-0.3, -0.25) is 0 Å². The Labute approximate surface area is 365 Å². The Bertz CT molecular complexity index is 3690. The molecule has 4 nitrogen and oxygen atoms in total. The number of para-hydroxylation sites is 4. The van der Waals surface area contributed by atoms with Crippen LogP contribution in [0.3, 0.4) is 0 Å². The highest BCUT2D eigenvalue weighted by Gasteiger charge is 2.51. The average molecular weight is 819 g/mol. The van der Waals surface area contributed by atoms with E-state index in [9.17, 15) is 0 Å². The summed E-state index contributed by atoms with van der Waals surface area (Å²) < 4.78 is 4.88. The first-order valence-corrected chi connectivity index (χ1v) is 23.6. The Kier molecular flexibility index (Phi) is 7.89. The van der Waals surface area contributed by atoms with E-state index in [0.29, 0.717) is 5.82 Å². The highest BCUT2D eigenvalue weighted by molar-refractivity contribution is 7.22. The molecule has 0 saturated carbocycles. The maximum atomic E-state index is 5.81. The topological polar surface area (TPSA) is 35.6 Å². The zero-order valence-electron chi connectivity index (χ0n) is 34.2. The summed E-state index contributed by atoms with van der Waals surface area (Å²) in [6, 6.07) is 83.7. The van der Waals surface area contributed by atoms with Crippen molar-refractivity contribution in [3.05, 3.63) is 231 Å². The third-order valence-corrected chi connectivity index (χ3v) is 18.1. The summed E-state index contributed by atoms with van der Waals surface area (Å²) in [5.74, 6) is 0.703. The lowest BCUT2D eigenvalue weighted by atomic mass is 10.1. The van der Waals surface area contributed by atoms with Gasteiger partial charge < -0.3 is 9.13 Å². The first-order valence-electron chi connectivity index (χ1n) is 21.6. The van der Waals surface area contributed by atoms with Crippen molar-refractivity contribution in [3.8, 4) is 45.3 Å². The van der Waals surface area contributed by atoms with Gasteiger partial charge in [0.25, 0.3) is 0 Å². The fourth-order valence-electron chi connectivity index (χ4n) is 10.7. The molecule has 0 bridgehead atoms. The lowest BCUT2D eigenvalue weighted by molar-refractivity contribution is 1.15. The van der Waals surface area contributed by atoms with Crippen LogP contribution in [0, 0.1) is 0 Å². The minimum absolute atomic E-state index is 0.703. The van der Waals surface area contributed by atoms with E-state index in [1.165, 1.54) is 58.9 Å². The number of hydrogen-bond acceptors (Lipinski definition) is 2. The van der Waals surface area contributed by atoms with E-state index in [0.717, 1.165) is 44.9 Å². The highest BCUT2D eigenvalue weighted by Crippen LogP contribution is 2.44. The van der Waals surface area contributed by atoms with Crippen molar-refractivity contribution in [2.75, 3.05) is 0 Å². The lowest BCUT2D eigenvalue weighted by Crippen LogP contribution is -2.73. The van der Waals surface area contributed by atoms with E-state index < -0.39 is 8.07 Å². The Morgan fingerprint density at radius 3 is 1.62 bits per heavy atom. The van der Waals surface area contributed by atoms with Gasteiger partial charge >= 0.3 is 0 Å². The van der Waals surface area contributed by atoms with Gasteiger partial charge in [0, 0.05) is 49.1 Å². The number of benzene rings is 9. The molecule has 1 aliphatic rings. The van der Waals surface area contributed by atoms with E-state index >= 15 is 0 Å².